The first-order valence-electron chi connectivity index (χ1n) is 6.94. The van der Waals surface area contributed by atoms with Crippen LogP contribution in [0.25, 0.3) is 0 Å². The predicted octanol–water partition coefficient (Wildman–Crippen LogP) is 2.98. The van der Waals surface area contributed by atoms with Crippen molar-refractivity contribution in [2.75, 3.05) is 19.6 Å². The monoisotopic (exact) mass is 256 g/mol. The highest BCUT2D eigenvalue weighted by Gasteiger charge is 2.45. The van der Waals surface area contributed by atoms with Gasteiger partial charge in [0, 0.05) is 36.8 Å². The second kappa shape index (κ2) is 5.73. The van der Waals surface area contributed by atoms with Crippen molar-refractivity contribution < 1.29 is 0 Å². The molecule has 2 nitrogen and oxygen atoms in total. The highest BCUT2D eigenvalue weighted by Crippen LogP contribution is 2.41. The van der Waals surface area contributed by atoms with E-state index in [1.165, 1.54) is 32.2 Å². The minimum Gasteiger partial charge on any atom is -0.308 e. The summed E-state index contributed by atoms with van der Waals surface area (Å²) in [6, 6.07) is 0.680. The van der Waals surface area contributed by atoms with E-state index in [4.69, 9.17) is 11.6 Å². The molecule has 0 aromatic heterocycles. The number of rotatable bonds is 5. The van der Waals surface area contributed by atoms with E-state index in [-0.39, 0.29) is 0 Å². The van der Waals surface area contributed by atoms with Crippen LogP contribution in [0.3, 0.4) is 0 Å². The van der Waals surface area contributed by atoms with Crippen molar-refractivity contribution in [1.29, 1.82) is 0 Å². The summed E-state index contributed by atoms with van der Waals surface area (Å²) in [5, 5.41) is 3.80. The smallest absolute Gasteiger partial charge is 0.0309 e. The van der Waals surface area contributed by atoms with E-state index in [0.29, 0.717) is 11.6 Å². The minimum absolute atomic E-state index is 0.338. The highest BCUT2D eigenvalue weighted by atomic mass is 35.5. The highest BCUT2D eigenvalue weighted by molar-refractivity contribution is 6.25. The molecule has 2 aliphatic rings. The average Bonchev–Trinajstić information content (AvgIpc) is 3.14. The molecule has 2 rings (SSSR count). The molecule has 1 N–H and O–H groups in total. The van der Waals surface area contributed by atoms with Crippen molar-refractivity contribution >= 4 is 11.6 Å². The van der Waals surface area contributed by atoms with Crippen LogP contribution in [0.5, 0.6) is 0 Å². The summed E-state index contributed by atoms with van der Waals surface area (Å²) in [6.07, 6.45) is 7.42. The molecule has 0 radical (unpaired) electrons. The minimum atomic E-state index is 0.338. The van der Waals surface area contributed by atoms with Crippen LogP contribution in [0.15, 0.2) is 11.6 Å². The first-order valence-corrected chi connectivity index (χ1v) is 7.37. The van der Waals surface area contributed by atoms with Gasteiger partial charge in [0.15, 0.2) is 0 Å². The van der Waals surface area contributed by atoms with Crippen LogP contribution >= 0.6 is 11.6 Å². The third-order valence-corrected chi connectivity index (χ3v) is 4.50. The lowest BCUT2D eigenvalue weighted by Crippen LogP contribution is -2.63. The van der Waals surface area contributed by atoms with Gasteiger partial charge in [-0.1, -0.05) is 31.0 Å². The number of piperazine rings is 1. The zero-order valence-electron chi connectivity index (χ0n) is 11.1. The van der Waals surface area contributed by atoms with E-state index < -0.39 is 0 Å². The van der Waals surface area contributed by atoms with Crippen molar-refractivity contribution in [1.82, 2.24) is 10.2 Å². The van der Waals surface area contributed by atoms with Crippen LogP contribution < -0.4 is 5.32 Å². The maximum absolute atomic E-state index is 5.67. The molecule has 0 bridgehead atoms. The van der Waals surface area contributed by atoms with Gasteiger partial charge in [0.1, 0.15) is 0 Å². The number of hydrogen-bond acceptors (Lipinski definition) is 2. The molecule has 0 aromatic carbocycles. The third kappa shape index (κ3) is 3.24. The zero-order chi connectivity index (χ0) is 12.3. The summed E-state index contributed by atoms with van der Waals surface area (Å²) < 4.78 is 0. The van der Waals surface area contributed by atoms with Gasteiger partial charge in [-0.25, -0.2) is 0 Å². The normalized spacial score (nSPS) is 35.6. The molecule has 1 heterocycles. The lowest BCUT2D eigenvalue weighted by atomic mass is 9.90. The SMILES string of the molecule is CCCC1CNC(C)(C2CC2)CN1C/C=C/Cl. The van der Waals surface area contributed by atoms with Gasteiger partial charge in [-0.15, -0.1) is 0 Å². The molecule has 2 atom stereocenters. The Labute approximate surface area is 110 Å². The first kappa shape index (κ1) is 13.4. The second-order valence-corrected chi connectivity index (χ2v) is 6.06. The Morgan fingerprint density at radius 1 is 1.47 bits per heavy atom. The fraction of sp³-hybridized carbons (Fsp3) is 0.857. The summed E-state index contributed by atoms with van der Waals surface area (Å²) >= 11 is 5.67. The Morgan fingerprint density at radius 2 is 2.24 bits per heavy atom. The Balaban J connectivity index is 1.98. The average molecular weight is 257 g/mol. The fourth-order valence-electron chi connectivity index (χ4n) is 3.09. The summed E-state index contributed by atoms with van der Waals surface area (Å²) in [5.41, 5.74) is 1.99. The van der Waals surface area contributed by atoms with Crippen molar-refractivity contribution in [3.05, 3.63) is 11.6 Å². The van der Waals surface area contributed by atoms with Gasteiger partial charge >= 0.3 is 0 Å². The Bertz CT molecular complexity index is 275. The van der Waals surface area contributed by atoms with Gasteiger partial charge in [0.05, 0.1) is 0 Å². The van der Waals surface area contributed by atoms with Gasteiger partial charge in [0.2, 0.25) is 0 Å². The van der Waals surface area contributed by atoms with Crippen LogP contribution in [0.4, 0.5) is 0 Å². The van der Waals surface area contributed by atoms with Crippen molar-refractivity contribution in [3.8, 4) is 0 Å². The number of halogens is 1. The predicted molar refractivity (Wildman–Crippen MR) is 74.4 cm³/mol. The van der Waals surface area contributed by atoms with Crippen LogP contribution in [0, 0.1) is 5.92 Å². The number of nitrogens with zero attached hydrogens (tertiary/aromatic N) is 1. The lowest BCUT2D eigenvalue weighted by Gasteiger charge is -2.46. The Kier molecular flexibility index (Phi) is 4.51. The standard InChI is InChI=1S/C14H25ClN2/c1-3-5-13-10-16-14(2,12-6-7-12)11-17(13)9-4-8-15/h4,8,12-13,16H,3,5-7,9-11H2,1-2H3/b8-4+. The Hall–Kier alpha value is -0.0500. The molecular formula is C14H25ClN2. The zero-order valence-corrected chi connectivity index (χ0v) is 11.8. The molecule has 1 saturated heterocycles. The van der Waals surface area contributed by atoms with Crippen molar-refractivity contribution in [2.45, 2.75) is 51.1 Å². The van der Waals surface area contributed by atoms with E-state index in [1.807, 2.05) is 0 Å². The molecule has 98 valence electrons. The van der Waals surface area contributed by atoms with Gasteiger partial charge in [-0.2, -0.15) is 0 Å². The van der Waals surface area contributed by atoms with Gasteiger partial charge in [-0.3, -0.25) is 4.90 Å². The van der Waals surface area contributed by atoms with E-state index in [0.717, 1.165) is 19.0 Å². The summed E-state index contributed by atoms with van der Waals surface area (Å²) in [5.74, 6) is 0.896. The van der Waals surface area contributed by atoms with Gasteiger partial charge < -0.3 is 5.32 Å². The molecule has 1 saturated carbocycles. The maximum Gasteiger partial charge on any atom is 0.0309 e. The van der Waals surface area contributed by atoms with Crippen molar-refractivity contribution in [2.24, 2.45) is 5.92 Å². The number of hydrogen-bond donors (Lipinski definition) is 1. The molecule has 17 heavy (non-hydrogen) atoms. The maximum atomic E-state index is 5.67. The topological polar surface area (TPSA) is 15.3 Å². The molecular weight excluding hydrogens is 232 g/mol. The van der Waals surface area contributed by atoms with Crippen LogP contribution in [-0.4, -0.2) is 36.1 Å². The molecule has 1 aliphatic heterocycles. The van der Waals surface area contributed by atoms with Crippen molar-refractivity contribution in [3.63, 3.8) is 0 Å². The lowest BCUT2D eigenvalue weighted by molar-refractivity contribution is 0.0806. The third-order valence-electron chi connectivity index (χ3n) is 4.32. The summed E-state index contributed by atoms with van der Waals surface area (Å²) in [6.45, 7) is 7.97. The van der Waals surface area contributed by atoms with Gasteiger partial charge in [-0.05, 0) is 32.1 Å². The van der Waals surface area contributed by atoms with E-state index in [1.54, 1.807) is 5.54 Å². The summed E-state index contributed by atoms with van der Waals surface area (Å²) in [7, 11) is 0. The molecule has 3 heteroatoms. The van der Waals surface area contributed by atoms with E-state index in [9.17, 15) is 0 Å². The van der Waals surface area contributed by atoms with Crippen LogP contribution in [0.1, 0.15) is 39.5 Å². The largest absolute Gasteiger partial charge is 0.308 e. The molecule has 2 unspecified atom stereocenters. The number of nitrogens with one attached hydrogen (secondary N) is 1. The van der Waals surface area contributed by atoms with Crippen LogP contribution in [-0.2, 0) is 0 Å². The summed E-state index contributed by atoms with van der Waals surface area (Å²) in [4.78, 5) is 2.61. The first-order chi connectivity index (χ1) is 8.19. The van der Waals surface area contributed by atoms with E-state index in [2.05, 4.69) is 30.1 Å². The molecule has 2 fully saturated rings. The molecule has 0 spiro atoms. The molecule has 1 aliphatic carbocycles. The second-order valence-electron chi connectivity index (χ2n) is 5.81. The fourth-order valence-corrected chi connectivity index (χ4v) is 3.17. The van der Waals surface area contributed by atoms with E-state index >= 15 is 0 Å². The molecule has 0 amide bonds. The quantitative estimate of drug-likeness (QED) is 0.814. The van der Waals surface area contributed by atoms with Gasteiger partial charge in [0.25, 0.3) is 0 Å². The molecule has 0 aromatic rings. The van der Waals surface area contributed by atoms with Crippen LogP contribution in [0.2, 0.25) is 0 Å². The Morgan fingerprint density at radius 3 is 2.82 bits per heavy atom.